The Balaban J connectivity index is 1.85. The number of hydrogen-bond acceptors (Lipinski definition) is 5. The Hall–Kier alpha value is -2.98. The molecule has 2 atom stereocenters. The molecule has 3 rings (SSSR count). The fourth-order valence-electron chi connectivity index (χ4n) is 2.81. The number of benzene rings is 1. The number of nitrogens with one attached hydrogen (secondary N) is 2. The summed E-state index contributed by atoms with van der Waals surface area (Å²) in [6.07, 6.45) is -4.45. The molecule has 1 fully saturated rings. The lowest BCUT2D eigenvalue weighted by molar-refractivity contribution is -0.138. The maximum absolute atomic E-state index is 12.7. The SMILES string of the molecule is CN1C[C@@H](c2ccc(C(F)(F)F)cc2)[C@H](C(=O)Nc2nn[nH]n2)C1=O. The first-order valence-electron chi connectivity index (χ1n) is 7.24. The first-order chi connectivity index (χ1) is 11.8. The average molecular weight is 354 g/mol. The van der Waals surface area contributed by atoms with E-state index >= 15 is 0 Å². The highest BCUT2D eigenvalue weighted by atomic mass is 19.4. The molecule has 8 nitrogen and oxygen atoms in total. The van der Waals surface area contributed by atoms with Crippen molar-refractivity contribution in [2.45, 2.75) is 12.1 Å². The van der Waals surface area contributed by atoms with Crippen LogP contribution in [0.25, 0.3) is 0 Å². The third-order valence-corrected chi connectivity index (χ3v) is 4.04. The topological polar surface area (TPSA) is 104 Å². The van der Waals surface area contributed by atoms with Crippen LogP contribution in [0.5, 0.6) is 0 Å². The summed E-state index contributed by atoms with van der Waals surface area (Å²) in [5.74, 6) is -2.81. The summed E-state index contributed by atoms with van der Waals surface area (Å²) in [4.78, 5) is 26.1. The van der Waals surface area contributed by atoms with Gasteiger partial charge in [0.2, 0.25) is 11.8 Å². The van der Waals surface area contributed by atoms with Crippen molar-refractivity contribution in [3.8, 4) is 0 Å². The van der Waals surface area contributed by atoms with Gasteiger partial charge in [-0.2, -0.15) is 18.4 Å². The van der Waals surface area contributed by atoms with Crippen LogP contribution in [0, 0.1) is 5.92 Å². The van der Waals surface area contributed by atoms with Crippen LogP contribution < -0.4 is 5.32 Å². The molecule has 2 N–H and O–H groups in total. The van der Waals surface area contributed by atoms with Gasteiger partial charge in [-0.15, -0.1) is 5.10 Å². The smallest absolute Gasteiger partial charge is 0.344 e. The number of halogens is 3. The first-order valence-corrected chi connectivity index (χ1v) is 7.24. The van der Waals surface area contributed by atoms with Crippen molar-refractivity contribution in [2.24, 2.45) is 5.92 Å². The van der Waals surface area contributed by atoms with Gasteiger partial charge in [-0.1, -0.05) is 17.2 Å². The van der Waals surface area contributed by atoms with E-state index in [0.717, 1.165) is 12.1 Å². The minimum absolute atomic E-state index is 0.0847. The number of amides is 2. The molecule has 0 unspecified atom stereocenters. The van der Waals surface area contributed by atoms with E-state index in [1.807, 2.05) is 0 Å². The molecule has 2 amide bonds. The summed E-state index contributed by atoms with van der Waals surface area (Å²) >= 11 is 0. The maximum atomic E-state index is 12.7. The second-order valence-corrected chi connectivity index (χ2v) is 5.65. The molecule has 2 aromatic rings. The van der Waals surface area contributed by atoms with Crippen molar-refractivity contribution in [1.29, 1.82) is 0 Å². The van der Waals surface area contributed by atoms with E-state index in [9.17, 15) is 22.8 Å². The maximum Gasteiger partial charge on any atom is 0.416 e. The lowest BCUT2D eigenvalue weighted by Gasteiger charge is -2.16. The minimum atomic E-state index is -4.45. The van der Waals surface area contributed by atoms with Crippen molar-refractivity contribution >= 4 is 17.8 Å². The van der Waals surface area contributed by atoms with Crippen molar-refractivity contribution in [2.75, 3.05) is 18.9 Å². The standard InChI is InChI=1S/C14H13F3N6O2/c1-23-6-9(7-2-4-8(5-3-7)14(15,16)17)10(12(23)25)11(24)18-13-19-21-22-20-13/h2-5,9-10H,6H2,1H3,(H2,18,19,20,21,22,24)/t9-,10+/m0/s1. The number of carbonyl (C=O) groups is 2. The second-order valence-electron chi connectivity index (χ2n) is 5.65. The number of rotatable bonds is 3. The fraction of sp³-hybridized carbons (Fsp3) is 0.357. The fourth-order valence-corrected chi connectivity index (χ4v) is 2.81. The molecule has 1 aromatic carbocycles. The van der Waals surface area contributed by atoms with E-state index in [2.05, 4.69) is 25.9 Å². The Kier molecular flexibility index (Phi) is 4.15. The number of likely N-dealkylation sites (tertiary alicyclic amines) is 1. The normalized spacial score (nSPS) is 20.8. The molecule has 1 saturated heterocycles. The van der Waals surface area contributed by atoms with Crippen LogP contribution in [0.3, 0.4) is 0 Å². The van der Waals surface area contributed by atoms with Gasteiger partial charge in [0, 0.05) is 19.5 Å². The summed E-state index contributed by atoms with van der Waals surface area (Å²) < 4.78 is 38.1. The molecule has 1 aromatic heterocycles. The number of likely N-dealkylation sites (N-methyl/N-ethyl adjacent to an activating group) is 1. The van der Waals surface area contributed by atoms with E-state index in [1.54, 1.807) is 0 Å². The van der Waals surface area contributed by atoms with Gasteiger partial charge in [-0.05, 0) is 22.9 Å². The van der Waals surface area contributed by atoms with E-state index < -0.39 is 35.4 Å². The van der Waals surface area contributed by atoms with Crippen molar-refractivity contribution < 1.29 is 22.8 Å². The van der Waals surface area contributed by atoms with Gasteiger partial charge in [0.15, 0.2) is 0 Å². The first kappa shape index (κ1) is 16.9. The summed E-state index contributed by atoms with van der Waals surface area (Å²) in [7, 11) is 1.53. The number of H-pyrrole nitrogens is 1. The zero-order valence-corrected chi connectivity index (χ0v) is 12.9. The zero-order valence-electron chi connectivity index (χ0n) is 12.9. The molecule has 0 saturated carbocycles. The number of aromatic amines is 1. The molecule has 1 aliphatic rings. The van der Waals surface area contributed by atoms with Gasteiger partial charge >= 0.3 is 6.18 Å². The van der Waals surface area contributed by atoms with Crippen LogP contribution in [0.15, 0.2) is 24.3 Å². The van der Waals surface area contributed by atoms with Crippen LogP contribution in [-0.4, -0.2) is 50.9 Å². The predicted molar refractivity (Wildman–Crippen MR) is 78.1 cm³/mol. The molecule has 11 heteroatoms. The molecule has 0 bridgehead atoms. The van der Waals surface area contributed by atoms with Crippen LogP contribution in [-0.2, 0) is 15.8 Å². The van der Waals surface area contributed by atoms with Gasteiger partial charge in [-0.25, -0.2) is 0 Å². The monoisotopic (exact) mass is 354 g/mol. The number of aromatic nitrogens is 4. The number of nitrogens with zero attached hydrogens (tertiary/aromatic N) is 4. The molecule has 0 radical (unpaired) electrons. The lowest BCUT2D eigenvalue weighted by Crippen LogP contribution is -2.33. The molecule has 132 valence electrons. The highest BCUT2D eigenvalue weighted by Gasteiger charge is 2.44. The van der Waals surface area contributed by atoms with Crippen molar-refractivity contribution in [3.63, 3.8) is 0 Å². The molecular formula is C14H13F3N6O2. The number of anilines is 1. The van der Waals surface area contributed by atoms with Crippen molar-refractivity contribution in [1.82, 2.24) is 25.5 Å². The van der Waals surface area contributed by atoms with Crippen LogP contribution in [0.4, 0.5) is 19.1 Å². The van der Waals surface area contributed by atoms with Crippen LogP contribution in [0.1, 0.15) is 17.0 Å². The molecule has 2 heterocycles. The van der Waals surface area contributed by atoms with E-state index in [1.165, 1.54) is 24.1 Å². The van der Waals surface area contributed by atoms with Gasteiger partial charge in [-0.3, -0.25) is 14.9 Å². The Morgan fingerprint density at radius 3 is 2.56 bits per heavy atom. The third kappa shape index (κ3) is 3.30. The van der Waals surface area contributed by atoms with Gasteiger partial charge in [0.05, 0.1) is 5.56 Å². The van der Waals surface area contributed by atoms with Gasteiger partial charge < -0.3 is 4.90 Å². The largest absolute Gasteiger partial charge is 0.416 e. The number of alkyl halides is 3. The second kappa shape index (κ2) is 6.15. The average Bonchev–Trinajstić information content (AvgIpc) is 3.15. The summed E-state index contributed by atoms with van der Waals surface area (Å²) in [6.45, 7) is 0.217. The van der Waals surface area contributed by atoms with E-state index in [-0.39, 0.29) is 12.5 Å². The van der Waals surface area contributed by atoms with E-state index in [0.29, 0.717) is 5.56 Å². The molecule has 1 aliphatic heterocycles. The minimum Gasteiger partial charge on any atom is -0.344 e. The Labute approximate surface area is 139 Å². The van der Waals surface area contributed by atoms with Crippen LogP contribution in [0.2, 0.25) is 0 Å². The van der Waals surface area contributed by atoms with Gasteiger partial charge in [0.25, 0.3) is 5.95 Å². The molecule has 0 spiro atoms. The highest BCUT2D eigenvalue weighted by molar-refractivity contribution is 6.07. The molecule has 0 aliphatic carbocycles. The Bertz CT molecular complexity index is 775. The number of carbonyl (C=O) groups excluding carboxylic acids is 2. The number of tetrazole rings is 1. The van der Waals surface area contributed by atoms with E-state index in [4.69, 9.17) is 0 Å². The van der Waals surface area contributed by atoms with Crippen molar-refractivity contribution in [3.05, 3.63) is 35.4 Å². The Morgan fingerprint density at radius 1 is 1.32 bits per heavy atom. The lowest BCUT2D eigenvalue weighted by atomic mass is 9.87. The third-order valence-electron chi connectivity index (χ3n) is 4.04. The Morgan fingerprint density at radius 2 is 2.00 bits per heavy atom. The van der Waals surface area contributed by atoms with Gasteiger partial charge in [0.1, 0.15) is 5.92 Å². The quantitative estimate of drug-likeness (QED) is 0.801. The summed E-state index contributed by atoms with van der Waals surface area (Å²) in [5, 5.41) is 15.0. The number of hydrogen-bond donors (Lipinski definition) is 2. The highest BCUT2D eigenvalue weighted by Crippen LogP contribution is 2.36. The van der Waals surface area contributed by atoms with Crippen LogP contribution >= 0.6 is 0 Å². The molecular weight excluding hydrogens is 341 g/mol. The molecule has 25 heavy (non-hydrogen) atoms. The summed E-state index contributed by atoms with van der Waals surface area (Å²) in [5.41, 5.74) is -0.319. The predicted octanol–water partition coefficient (Wildman–Crippen LogP) is 1.03. The summed E-state index contributed by atoms with van der Waals surface area (Å²) in [6, 6.07) is 4.45. The zero-order chi connectivity index (χ0) is 18.2.